The van der Waals surface area contributed by atoms with Crippen LogP contribution in [0.2, 0.25) is 0 Å². The van der Waals surface area contributed by atoms with E-state index in [9.17, 15) is 9.59 Å². The minimum Gasteiger partial charge on any atom is -0.325 e. The molecule has 5 nitrogen and oxygen atoms in total. The molecule has 0 atom stereocenters. The van der Waals surface area contributed by atoms with Crippen LogP contribution >= 0.6 is 12.4 Å². The number of amides is 2. The van der Waals surface area contributed by atoms with Gasteiger partial charge in [0.05, 0.1) is 12.0 Å². The number of carbonyl (C=O) groups excluding carboxylic acids is 2. The highest BCUT2D eigenvalue weighted by Gasteiger charge is 2.23. The zero-order chi connectivity index (χ0) is 18.7. The van der Waals surface area contributed by atoms with Crippen LogP contribution in [0.25, 0.3) is 0 Å². The van der Waals surface area contributed by atoms with Gasteiger partial charge in [-0.25, -0.2) is 0 Å². The molecule has 1 heterocycles. The second-order valence-corrected chi connectivity index (χ2v) is 7.33. The van der Waals surface area contributed by atoms with E-state index in [0.29, 0.717) is 12.1 Å². The first kappa shape index (κ1) is 20.9. The van der Waals surface area contributed by atoms with E-state index in [0.717, 1.165) is 30.6 Å². The van der Waals surface area contributed by atoms with Crippen LogP contribution in [0.15, 0.2) is 48.5 Å². The lowest BCUT2D eigenvalue weighted by Gasteiger charge is -2.29. The molecule has 2 amide bonds. The molecule has 6 heteroatoms. The van der Waals surface area contributed by atoms with Crippen LogP contribution in [0.1, 0.15) is 31.4 Å². The van der Waals surface area contributed by atoms with E-state index in [1.807, 2.05) is 35.2 Å². The van der Waals surface area contributed by atoms with Crippen LogP contribution in [-0.4, -0.2) is 23.9 Å². The van der Waals surface area contributed by atoms with E-state index in [2.05, 4.69) is 11.4 Å². The molecule has 1 aliphatic rings. The number of nitrogens with two attached hydrogens (primary N) is 1. The average Bonchev–Trinajstić information content (AvgIpc) is 2.62. The molecule has 3 N–H and O–H groups in total. The first-order valence-corrected chi connectivity index (χ1v) is 8.92. The molecule has 1 aliphatic heterocycles. The molecule has 2 aromatic rings. The third kappa shape index (κ3) is 5.08. The predicted octanol–water partition coefficient (Wildman–Crippen LogP) is 3.31. The summed E-state index contributed by atoms with van der Waals surface area (Å²) in [7, 11) is 0. The predicted molar refractivity (Wildman–Crippen MR) is 111 cm³/mol. The van der Waals surface area contributed by atoms with Crippen LogP contribution in [-0.2, 0) is 22.4 Å². The Balaban J connectivity index is 0.00000261. The maximum atomic E-state index is 12.8. The van der Waals surface area contributed by atoms with Gasteiger partial charge in [0.25, 0.3) is 0 Å². The van der Waals surface area contributed by atoms with Crippen molar-refractivity contribution < 1.29 is 9.59 Å². The topological polar surface area (TPSA) is 75.4 Å². The van der Waals surface area contributed by atoms with Crippen LogP contribution in [0, 0.1) is 0 Å². The third-order valence-electron chi connectivity index (χ3n) is 4.56. The smallest absolute Gasteiger partial charge is 0.243 e. The number of para-hydroxylation sites is 1. The molecule has 0 spiro atoms. The Bertz CT molecular complexity index is 813. The third-order valence-corrected chi connectivity index (χ3v) is 4.56. The number of halogens is 1. The zero-order valence-electron chi connectivity index (χ0n) is 15.7. The van der Waals surface area contributed by atoms with E-state index in [1.165, 1.54) is 5.56 Å². The van der Waals surface area contributed by atoms with Gasteiger partial charge in [0.15, 0.2) is 0 Å². The number of benzene rings is 2. The van der Waals surface area contributed by atoms with Crippen molar-refractivity contribution in [3.63, 3.8) is 0 Å². The summed E-state index contributed by atoms with van der Waals surface area (Å²) in [5, 5.41) is 2.78. The number of anilines is 2. The van der Waals surface area contributed by atoms with Gasteiger partial charge in [0.2, 0.25) is 11.8 Å². The molecular weight excluding hydrogens is 362 g/mol. The van der Waals surface area contributed by atoms with Gasteiger partial charge < -0.3 is 16.0 Å². The number of nitrogens with zero attached hydrogens (tertiary/aromatic N) is 1. The number of carbonyl (C=O) groups is 2. The van der Waals surface area contributed by atoms with Gasteiger partial charge in [0.1, 0.15) is 0 Å². The molecule has 0 aromatic heterocycles. The molecule has 0 unspecified atom stereocenters. The Kier molecular flexibility index (Phi) is 6.63. The standard InChI is InChI=1S/C21H25N3O2.ClH/c1-21(2,22)20(26)23-17-11-9-15(10-12-17)14-19(25)24-13-5-7-16-6-3-4-8-18(16)24;/h3-4,6,8-12H,5,7,13-14,22H2,1-2H3,(H,23,26);1H. The van der Waals surface area contributed by atoms with Gasteiger partial charge in [-0.1, -0.05) is 30.3 Å². The van der Waals surface area contributed by atoms with E-state index in [1.54, 1.807) is 26.0 Å². The molecule has 0 saturated carbocycles. The lowest BCUT2D eigenvalue weighted by molar-refractivity contribution is -0.120. The number of fused-ring (bicyclic) bond motifs is 1. The molecule has 0 bridgehead atoms. The maximum absolute atomic E-state index is 12.8. The fourth-order valence-electron chi connectivity index (χ4n) is 3.06. The SMILES string of the molecule is CC(C)(N)C(=O)Nc1ccc(CC(=O)N2CCCc3ccccc32)cc1.Cl. The fourth-order valence-corrected chi connectivity index (χ4v) is 3.06. The number of aryl methyl sites for hydroxylation is 1. The summed E-state index contributed by atoms with van der Waals surface area (Å²) in [6, 6.07) is 15.4. The largest absolute Gasteiger partial charge is 0.325 e. The minimum absolute atomic E-state index is 0. The summed E-state index contributed by atoms with van der Waals surface area (Å²) >= 11 is 0. The second-order valence-electron chi connectivity index (χ2n) is 7.33. The monoisotopic (exact) mass is 387 g/mol. The molecule has 0 aliphatic carbocycles. The Morgan fingerprint density at radius 1 is 1.11 bits per heavy atom. The van der Waals surface area contributed by atoms with Gasteiger partial charge in [-0.2, -0.15) is 0 Å². The van der Waals surface area contributed by atoms with Crippen LogP contribution < -0.4 is 16.0 Å². The lowest BCUT2D eigenvalue weighted by Crippen LogP contribution is -2.45. The molecule has 144 valence electrons. The first-order chi connectivity index (χ1) is 12.3. The molecular formula is C21H26ClN3O2. The molecule has 27 heavy (non-hydrogen) atoms. The summed E-state index contributed by atoms with van der Waals surface area (Å²) < 4.78 is 0. The lowest BCUT2D eigenvalue weighted by atomic mass is 10.0. The van der Waals surface area contributed by atoms with Crippen molar-refractivity contribution in [1.29, 1.82) is 0 Å². The van der Waals surface area contributed by atoms with Crippen molar-refractivity contribution in [3.8, 4) is 0 Å². The normalized spacial score (nSPS) is 13.4. The van der Waals surface area contributed by atoms with E-state index in [-0.39, 0.29) is 24.2 Å². The Hall–Kier alpha value is -2.37. The molecule has 0 fully saturated rings. The quantitative estimate of drug-likeness (QED) is 0.845. The van der Waals surface area contributed by atoms with Crippen molar-refractivity contribution in [1.82, 2.24) is 0 Å². The van der Waals surface area contributed by atoms with Crippen LogP contribution in [0.4, 0.5) is 11.4 Å². The van der Waals surface area contributed by atoms with Crippen LogP contribution in [0.3, 0.4) is 0 Å². The van der Waals surface area contributed by atoms with E-state index in [4.69, 9.17) is 5.73 Å². The summed E-state index contributed by atoms with van der Waals surface area (Å²) in [6.45, 7) is 4.08. The second kappa shape index (κ2) is 8.55. The van der Waals surface area contributed by atoms with Gasteiger partial charge >= 0.3 is 0 Å². The molecule has 0 radical (unpaired) electrons. The highest BCUT2D eigenvalue weighted by Crippen LogP contribution is 2.27. The van der Waals surface area contributed by atoms with E-state index >= 15 is 0 Å². The minimum atomic E-state index is -0.934. The summed E-state index contributed by atoms with van der Waals surface area (Å²) in [4.78, 5) is 26.6. The highest BCUT2D eigenvalue weighted by atomic mass is 35.5. The van der Waals surface area contributed by atoms with Gasteiger partial charge in [-0.15, -0.1) is 12.4 Å². The number of hydrogen-bond acceptors (Lipinski definition) is 3. The highest BCUT2D eigenvalue weighted by molar-refractivity contribution is 5.98. The summed E-state index contributed by atoms with van der Waals surface area (Å²) in [5.74, 6) is -0.150. The Labute approximate surface area is 166 Å². The molecule has 0 saturated heterocycles. The van der Waals surface area contributed by atoms with E-state index < -0.39 is 5.54 Å². The average molecular weight is 388 g/mol. The number of rotatable bonds is 4. The van der Waals surface area contributed by atoms with Crippen molar-refractivity contribution >= 4 is 35.6 Å². The van der Waals surface area contributed by atoms with Crippen molar-refractivity contribution in [2.75, 3.05) is 16.8 Å². The first-order valence-electron chi connectivity index (χ1n) is 8.92. The molecule has 3 rings (SSSR count). The maximum Gasteiger partial charge on any atom is 0.243 e. The summed E-state index contributed by atoms with van der Waals surface area (Å²) in [5.41, 5.74) is 8.70. The van der Waals surface area contributed by atoms with Crippen LogP contribution in [0.5, 0.6) is 0 Å². The van der Waals surface area contributed by atoms with Gasteiger partial charge in [-0.3, -0.25) is 9.59 Å². The number of hydrogen-bond donors (Lipinski definition) is 2. The van der Waals surface area contributed by atoms with Crippen molar-refractivity contribution in [2.45, 2.75) is 38.6 Å². The van der Waals surface area contributed by atoms with Crippen molar-refractivity contribution in [2.24, 2.45) is 5.73 Å². The fraction of sp³-hybridized carbons (Fsp3) is 0.333. The van der Waals surface area contributed by atoms with Gasteiger partial charge in [-0.05, 0) is 56.0 Å². The summed E-state index contributed by atoms with van der Waals surface area (Å²) in [6.07, 6.45) is 2.35. The van der Waals surface area contributed by atoms with Gasteiger partial charge in [0, 0.05) is 17.9 Å². The Morgan fingerprint density at radius 3 is 2.44 bits per heavy atom. The Morgan fingerprint density at radius 2 is 1.78 bits per heavy atom. The molecule has 2 aromatic carbocycles. The zero-order valence-corrected chi connectivity index (χ0v) is 16.5. The number of nitrogens with one attached hydrogen (secondary N) is 1. The van der Waals surface area contributed by atoms with Crippen molar-refractivity contribution in [3.05, 3.63) is 59.7 Å².